The maximum atomic E-state index is 13.1. The monoisotopic (exact) mass is 458 g/mol. The summed E-state index contributed by atoms with van der Waals surface area (Å²) >= 11 is 1.45. The molecule has 1 aliphatic rings. The van der Waals surface area contributed by atoms with Gasteiger partial charge in [-0.15, -0.1) is 11.8 Å². The van der Waals surface area contributed by atoms with E-state index in [1.807, 2.05) is 30.5 Å². The molecule has 5 nitrogen and oxygen atoms in total. The van der Waals surface area contributed by atoms with Gasteiger partial charge in [-0.25, -0.2) is 14.4 Å². The fourth-order valence-electron chi connectivity index (χ4n) is 3.98. The van der Waals surface area contributed by atoms with E-state index in [0.29, 0.717) is 22.0 Å². The minimum Gasteiger partial charge on any atom is -0.328 e. The van der Waals surface area contributed by atoms with Gasteiger partial charge in [-0.3, -0.25) is 4.79 Å². The number of rotatable bonds is 6. The van der Waals surface area contributed by atoms with Crippen molar-refractivity contribution in [3.05, 3.63) is 95.7 Å². The number of halogens is 1. The van der Waals surface area contributed by atoms with Crippen LogP contribution in [0, 0.1) is 5.82 Å². The van der Waals surface area contributed by atoms with Crippen molar-refractivity contribution < 1.29 is 9.18 Å². The summed E-state index contributed by atoms with van der Waals surface area (Å²) in [5, 5.41) is 3.61. The number of aryl methyl sites for hydroxylation is 1. The van der Waals surface area contributed by atoms with Crippen molar-refractivity contribution in [1.82, 2.24) is 14.5 Å². The first-order valence-corrected chi connectivity index (χ1v) is 11.9. The number of carbonyl (C=O) groups excluding carboxylic acids is 1. The SMILES string of the molecule is O=C(Nc1ccc(-c2ncc3n2CCCC3)cc1)c1cccnc1SCc1ccc(F)cc1. The van der Waals surface area contributed by atoms with E-state index in [1.54, 1.807) is 30.5 Å². The highest BCUT2D eigenvalue weighted by Crippen LogP contribution is 2.27. The van der Waals surface area contributed by atoms with E-state index in [1.165, 1.54) is 42.4 Å². The largest absolute Gasteiger partial charge is 0.328 e. The van der Waals surface area contributed by atoms with Gasteiger partial charge < -0.3 is 9.88 Å². The topological polar surface area (TPSA) is 59.8 Å². The van der Waals surface area contributed by atoms with Crippen LogP contribution in [0.1, 0.15) is 34.5 Å². The zero-order valence-electron chi connectivity index (χ0n) is 18.0. The van der Waals surface area contributed by atoms with E-state index in [0.717, 1.165) is 29.9 Å². The summed E-state index contributed by atoms with van der Waals surface area (Å²) in [4.78, 5) is 22.0. The van der Waals surface area contributed by atoms with Crippen LogP contribution < -0.4 is 5.32 Å². The number of hydrogen-bond acceptors (Lipinski definition) is 4. The van der Waals surface area contributed by atoms with Crippen molar-refractivity contribution in [3.8, 4) is 11.4 Å². The Hall–Kier alpha value is -3.45. The van der Waals surface area contributed by atoms with E-state index in [9.17, 15) is 9.18 Å². The van der Waals surface area contributed by atoms with Crippen molar-refractivity contribution in [2.24, 2.45) is 0 Å². The second kappa shape index (κ2) is 9.58. The third-order valence-corrected chi connectivity index (χ3v) is 6.78. The number of fused-ring (bicyclic) bond motifs is 1. The third-order valence-electron chi connectivity index (χ3n) is 5.71. The first-order chi connectivity index (χ1) is 16.2. The molecule has 1 N–H and O–H groups in total. The Balaban J connectivity index is 1.28. The number of imidazole rings is 1. The molecule has 0 saturated heterocycles. The molecule has 0 atom stereocenters. The predicted molar refractivity (Wildman–Crippen MR) is 129 cm³/mol. The highest BCUT2D eigenvalue weighted by Gasteiger charge is 2.16. The number of benzene rings is 2. The number of anilines is 1. The molecule has 1 amide bonds. The van der Waals surface area contributed by atoms with E-state index in [4.69, 9.17) is 0 Å². The first-order valence-electron chi connectivity index (χ1n) is 11.0. The Morgan fingerprint density at radius 3 is 2.67 bits per heavy atom. The second-order valence-corrected chi connectivity index (χ2v) is 8.95. The highest BCUT2D eigenvalue weighted by molar-refractivity contribution is 7.98. The zero-order valence-corrected chi connectivity index (χ0v) is 18.8. The average Bonchev–Trinajstić information content (AvgIpc) is 3.29. The smallest absolute Gasteiger partial charge is 0.258 e. The van der Waals surface area contributed by atoms with Crippen LogP contribution in [0.2, 0.25) is 0 Å². The van der Waals surface area contributed by atoms with Crippen LogP contribution in [-0.4, -0.2) is 20.4 Å². The number of thioether (sulfide) groups is 1. The number of hydrogen-bond donors (Lipinski definition) is 1. The fourth-order valence-corrected chi connectivity index (χ4v) is 4.93. The molecule has 0 unspecified atom stereocenters. The maximum Gasteiger partial charge on any atom is 0.258 e. The molecule has 1 aliphatic heterocycles. The van der Waals surface area contributed by atoms with Crippen molar-refractivity contribution in [2.75, 3.05) is 5.32 Å². The van der Waals surface area contributed by atoms with Gasteiger partial charge in [-0.05, 0) is 73.4 Å². The summed E-state index contributed by atoms with van der Waals surface area (Å²) in [5.74, 6) is 1.10. The van der Waals surface area contributed by atoms with Crippen molar-refractivity contribution in [1.29, 1.82) is 0 Å². The van der Waals surface area contributed by atoms with Crippen LogP contribution in [0.25, 0.3) is 11.4 Å². The minimum atomic E-state index is -0.264. The average molecular weight is 459 g/mol. The van der Waals surface area contributed by atoms with Gasteiger partial charge in [0.1, 0.15) is 16.7 Å². The van der Waals surface area contributed by atoms with E-state index < -0.39 is 0 Å². The lowest BCUT2D eigenvalue weighted by Crippen LogP contribution is -2.13. The number of nitrogens with one attached hydrogen (secondary N) is 1. The van der Waals surface area contributed by atoms with Gasteiger partial charge in [0.2, 0.25) is 0 Å². The second-order valence-electron chi connectivity index (χ2n) is 7.98. The van der Waals surface area contributed by atoms with E-state index >= 15 is 0 Å². The number of pyridine rings is 1. The Labute approximate surface area is 196 Å². The van der Waals surface area contributed by atoms with Crippen molar-refractivity contribution in [2.45, 2.75) is 36.6 Å². The highest BCUT2D eigenvalue weighted by atomic mass is 32.2. The Bertz CT molecular complexity index is 1270. The number of nitrogens with zero attached hydrogens (tertiary/aromatic N) is 3. The van der Waals surface area contributed by atoms with E-state index in [-0.39, 0.29) is 11.7 Å². The van der Waals surface area contributed by atoms with Gasteiger partial charge in [0.05, 0.1) is 5.56 Å². The zero-order chi connectivity index (χ0) is 22.6. The molecule has 0 fully saturated rings. The van der Waals surface area contributed by atoms with Gasteiger partial charge in [-0.1, -0.05) is 12.1 Å². The van der Waals surface area contributed by atoms with Crippen LogP contribution in [0.4, 0.5) is 10.1 Å². The molecule has 2 aromatic carbocycles. The summed E-state index contributed by atoms with van der Waals surface area (Å²) in [6.45, 7) is 1.00. The number of carbonyl (C=O) groups is 1. The first kappa shape index (κ1) is 21.4. The van der Waals surface area contributed by atoms with Crippen LogP contribution in [0.5, 0.6) is 0 Å². The van der Waals surface area contributed by atoms with Crippen molar-refractivity contribution >= 4 is 23.4 Å². The van der Waals surface area contributed by atoms with Crippen LogP contribution >= 0.6 is 11.8 Å². The molecular formula is C26H23FN4OS. The van der Waals surface area contributed by atoms with Crippen LogP contribution in [0.15, 0.2) is 78.1 Å². The molecule has 7 heteroatoms. The Morgan fingerprint density at radius 2 is 1.85 bits per heavy atom. The summed E-state index contributed by atoms with van der Waals surface area (Å²) in [6.07, 6.45) is 7.11. The molecular weight excluding hydrogens is 435 g/mol. The van der Waals surface area contributed by atoms with Gasteiger partial charge in [0, 0.05) is 41.6 Å². The molecule has 3 heterocycles. The molecule has 0 aliphatic carbocycles. The van der Waals surface area contributed by atoms with Crippen molar-refractivity contribution in [3.63, 3.8) is 0 Å². The molecule has 0 saturated carbocycles. The molecule has 0 spiro atoms. The molecule has 166 valence electrons. The summed E-state index contributed by atoms with van der Waals surface area (Å²) in [5.41, 5.74) is 4.52. The third kappa shape index (κ3) is 4.83. The number of amides is 1. The summed E-state index contributed by atoms with van der Waals surface area (Å²) in [6, 6.07) is 17.7. The molecule has 0 radical (unpaired) electrons. The Morgan fingerprint density at radius 1 is 1.03 bits per heavy atom. The van der Waals surface area contributed by atoms with E-state index in [2.05, 4.69) is 19.9 Å². The fraction of sp³-hybridized carbons (Fsp3) is 0.192. The molecule has 2 aromatic heterocycles. The van der Waals surface area contributed by atoms with Gasteiger partial charge in [0.15, 0.2) is 0 Å². The minimum absolute atomic E-state index is 0.212. The lowest BCUT2D eigenvalue weighted by molar-refractivity contribution is 0.102. The molecule has 0 bridgehead atoms. The summed E-state index contributed by atoms with van der Waals surface area (Å²) < 4.78 is 15.4. The molecule has 33 heavy (non-hydrogen) atoms. The normalized spacial score (nSPS) is 12.9. The van der Waals surface area contributed by atoms with Gasteiger partial charge >= 0.3 is 0 Å². The van der Waals surface area contributed by atoms with Gasteiger partial charge in [-0.2, -0.15) is 0 Å². The maximum absolute atomic E-state index is 13.1. The quantitative estimate of drug-likeness (QED) is 0.362. The van der Waals surface area contributed by atoms with Crippen LogP contribution in [0.3, 0.4) is 0 Å². The molecule has 4 aromatic rings. The Kier molecular flexibility index (Phi) is 6.21. The summed E-state index contributed by atoms with van der Waals surface area (Å²) in [7, 11) is 0. The number of aromatic nitrogens is 3. The van der Waals surface area contributed by atoms with Crippen LogP contribution in [-0.2, 0) is 18.7 Å². The lowest BCUT2D eigenvalue weighted by atomic mass is 10.1. The lowest BCUT2D eigenvalue weighted by Gasteiger charge is -2.16. The predicted octanol–water partition coefficient (Wildman–Crippen LogP) is 5.97. The standard InChI is InChI=1S/C26H23FN4OS/c27-20-10-6-18(7-11-20)17-33-26-23(5-3-14-28-26)25(32)30-21-12-8-19(9-13-21)24-29-16-22-4-1-2-15-31(22)24/h3,5-14,16H,1-2,4,15,17H2,(H,30,32). The van der Waals surface area contributed by atoms with Gasteiger partial charge in [0.25, 0.3) is 5.91 Å². The molecule has 5 rings (SSSR count).